The molecule has 1 fully saturated rings. The number of carbonyl (C=O) groups is 1. The number of ether oxygens (including phenoxy) is 1. The second-order valence-corrected chi connectivity index (χ2v) is 6.64. The van der Waals surface area contributed by atoms with Crippen molar-refractivity contribution in [3.63, 3.8) is 0 Å². The molecule has 3 aromatic rings. The molecule has 1 unspecified atom stereocenters. The maximum Gasteiger partial charge on any atom is 0.274 e. The number of hydrogen-bond acceptors (Lipinski definition) is 4. The molecule has 2 aromatic carbocycles. The van der Waals surface area contributed by atoms with Gasteiger partial charge in [0.1, 0.15) is 11.4 Å². The lowest BCUT2D eigenvalue weighted by molar-refractivity contribution is 0.0730. The van der Waals surface area contributed by atoms with Crippen LogP contribution < -0.4 is 4.74 Å². The van der Waals surface area contributed by atoms with E-state index in [0.717, 1.165) is 25.8 Å². The van der Waals surface area contributed by atoms with E-state index in [4.69, 9.17) is 4.74 Å². The zero-order chi connectivity index (χ0) is 18.5. The van der Waals surface area contributed by atoms with Crippen molar-refractivity contribution in [3.8, 4) is 11.6 Å². The number of para-hydroxylation sites is 1. The van der Waals surface area contributed by atoms with E-state index in [1.54, 1.807) is 0 Å². The Labute approximate surface area is 158 Å². The number of aromatic nitrogens is 2. The molecule has 5 heteroatoms. The summed E-state index contributed by atoms with van der Waals surface area (Å²) in [6.07, 6.45) is 5.91. The second-order valence-electron chi connectivity index (χ2n) is 6.64. The highest BCUT2D eigenvalue weighted by Gasteiger charge is 2.30. The van der Waals surface area contributed by atoms with Crippen LogP contribution >= 0.6 is 0 Å². The van der Waals surface area contributed by atoms with Crippen molar-refractivity contribution >= 4 is 5.91 Å². The van der Waals surface area contributed by atoms with Gasteiger partial charge in [-0.2, -0.15) is 0 Å². The number of carbonyl (C=O) groups excluding carboxylic acids is 1. The highest BCUT2D eigenvalue weighted by molar-refractivity contribution is 5.92. The van der Waals surface area contributed by atoms with Crippen LogP contribution in [0.2, 0.25) is 0 Å². The molecule has 1 aliphatic heterocycles. The van der Waals surface area contributed by atoms with Crippen LogP contribution in [0.25, 0.3) is 0 Å². The van der Waals surface area contributed by atoms with E-state index in [0.29, 0.717) is 17.3 Å². The molecule has 1 aromatic heterocycles. The average Bonchev–Trinajstić information content (AvgIpc) is 3.18. The van der Waals surface area contributed by atoms with E-state index in [1.807, 2.05) is 53.4 Å². The van der Waals surface area contributed by atoms with Crippen molar-refractivity contribution in [2.75, 3.05) is 6.54 Å². The fourth-order valence-electron chi connectivity index (χ4n) is 3.44. The SMILES string of the molecule is O=C(c1cnc(Oc2ccccc2)cn1)N1CCCC1Cc1ccccc1. The summed E-state index contributed by atoms with van der Waals surface area (Å²) in [5.74, 6) is 1.00. The Bertz CT molecular complexity index is 882. The van der Waals surface area contributed by atoms with Gasteiger partial charge in [-0.15, -0.1) is 0 Å². The molecule has 1 atom stereocenters. The van der Waals surface area contributed by atoms with Crippen LogP contribution in [0.3, 0.4) is 0 Å². The Morgan fingerprint density at radius 3 is 2.44 bits per heavy atom. The van der Waals surface area contributed by atoms with Crippen molar-refractivity contribution in [1.29, 1.82) is 0 Å². The van der Waals surface area contributed by atoms with E-state index in [-0.39, 0.29) is 11.9 Å². The highest BCUT2D eigenvalue weighted by atomic mass is 16.5. The molecule has 0 radical (unpaired) electrons. The van der Waals surface area contributed by atoms with E-state index < -0.39 is 0 Å². The third-order valence-electron chi connectivity index (χ3n) is 4.77. The van der Waals surface area contributed by atoms with Gasteiger partial charge in [0.25, 0.3) is 5.91 Å². The number of hydrogen-bond donors (Lipinski definition) is 0. The maximum atomic E-state index is 12.9. The Balaban J connectivity index is 1.44. The highest BCUT2D eigenvalue weighted by Crippen LogP contribution is 2.23. The van der Waals surface area contributed by atoms with Crippen molar-refractivity contribution in [1.82, 2.24) is 14.9 Å². The molecular formula is C22H21N3O2. The molecule has 0 saturated carbocycles. The van der Waals surface area contributed by atoms with Gasteiger partial charge in [0.2, 0.25) is 5.88 Å². The fourth-order valence-corrected chi connectivity index (χ4v) is 3.44. The van der Waals surface area contributed by atoms with E-state index >= 15 is 0 Å². The smallest absolute Gasteiger partial charge is 0.274 e. The van der Waals surface area contributed by atoms with Gasteiger partial charge in [0.05, 0.1) is 12.4 Å². The Morgan fingerprint density at radius 2 is 1.74 bits per heavy atom. The molecule has 0 bridgehead atoms. The Morgan fingerprint density at radius 1 is 1.00 bits per heavy atom. The molecule has 0 aliphatic carbocycles. The van der Waals surface area contributed by atoms with Gasteiger partial charge >= 0.3 is 0 Å². The quantitative estimate of drug-likeness (QED) is 0.688. The van der Waals surface area contributed by atoms with E-state index in [2.05, 4.69) is 22.1 Å². The lowest BCUT2D eigenvalue weighted by Crippen LogP contribution is -2.37. The summed E-state index contributed by atoms with van der Waals surface area (Å²) in [6, 6.07) is 19.9. The van der Waals surface area contributed by atoms with Crippen LogP contribution in [0.15, 0.2) is 73.1 Å². The van der Waals surface area contributed by atoms with Crippen molar-refractivity contribution in [2.24, 2.45) is 0 Å². The minimum atomic E-state index is -0.0628. The summed E-state index contributed by atoms with van der Waals surface area (Å²) in [5.41, 5.74) is 1.61. The number of nitrogens with zero attached hydrogens (tertiary/aromatic N) is 3. The lowest BCUT2D eigenvalue weighted by atomic mass is 10.0. The van der Waals surface area contributed by atoms with Crippen LogP contribution in [0.1, 0.15) is 28.9 Å². The van der Waals surface area contributed by atoms with Crippen LogP contribution in [0, 0.1) is 0 Å². The average molecular weight is 359 g/mol. The summed E-state index contributed by atoms with van der Waals surface area (Å²) in [7, 11) is 0. The minimum absolute atomic E-state index is 0.0628. The van der Waals surface area contributed by atoms with Crippen molar-refractivity contribution in [2.45, 2.75) is 25.3 Å². The van der Waals surface area contributed by atoms with Gasteiger partial charge in [0, 0.05) is 12.6 Å². The molecule has 0 N–H and O–H groups in total. The summed E-state index contributed by atoms with van der Waals surface area (Å²) >= 11 is 0. The summed E-state index contributed by atoms with van der Waals surface area (Å²) in [4.78, 5) is 23.4. The van der Waals surface area contributed by atoms with Crippen LogP contribution in [0.5, 0.6) is 11.6 Å². The number of amides is 1. The first kappa shape index (κ1) is 17.2. The van der Waals surface area contributed by atoms with Crippen molar-refractivity contribution < 1.29 is 9.53 Å². The standard InChI is InChI=1S/C22H21N3O2/c26-22(25-13-7-10-18(25)14-17-8-3-1-4-9-17)20-15-24-21(16-23-20)27-19-11-5-2-6-12-19/h1-6,8-9,11-12,15-16,18H,7,10,13-14H2. The summed E-state index contributed by atoms with van der Waals surface area (Å²) in [6.45, 7) is 0.764. The van der Waals surface area contributed by atoms with Gasteiger partial charge in [-0.25, -0.2) is 9.97 Å². The molecular weight excluding hydrogens is 338 g/mol. The maximum absolute atomic E-state index is 12.9. The predicted molar refractivity (Wildman–Crippen MR) is 103 cm³/mol. The molecule has 1 amide bonds. The first-order valence-corrected chi connectivity index (χ1v) is 9.19. The molecule has 4 rings (SSSR count). The van der Waals surface area contributed by atoms with E-state index in [9.17, 15) is 4.79 Å². The number of benzene rings is 2. The molecule has 27 heavy (non-hydrogen) atoms. The molecule has 136 valence electrons. The summed E-state index contributed by atoms with van der Waals surface area (Å²) in [5, 5.41) is 0. The molecule has 1 aliphatic rings. The van der Waals surface area contributed by atoms with Gasteiger partial charge in [-0.3, -0.25) is 4.79 Å². The molecule has 2 heterocycles. The zero-order valence-electron chi connectivity index (χ0n) is 15.0. The predicted octanol–water partition coefficient (Wildman–Crippen LogP) is 4.12. The Hall–Kier alpha value is -3.21. The second kappa shape index (κ2) is 7.99. The third-order valence-corrected chi connectivity index (χ3v) is 4.77. The van der Waals surface area contributed by atoms with E-state index in [1.165, 1.54) is 18.0 Å². The van der Waals surface area contributed by atoms with Gasteiger partial charge in [0.15, 0.2) is 0 Å². The van der Waals surface area contributed by atoms with Crippen molar-refractivity contribution in [3.05, 3.63) is 84.3 Å². The molecule has 1 saturated heterocycles. The van der Waals surface area contributed by atoms with Gasteiger partial charge in [-0.05, 0) is 37.0 Å². The van der Waals surface area contributed by atoms with Crippen LogP contribution in [0.4, 0.5) is 0 Å². The fraction of sp³-hybridized carbons (Fsp3) is 0.227. The lowest BCUT2D eigenvalue weighted by Gasteiger charge is -2.24. The van der Waals surface area contributed by atoms with Gasteiger partial charge < -0.3 is 9.64 Å². The summed E-state index contributed by atoms with van der Waals surface area (Å²) < 4.78 is 5.64. The van der Waals surface area contributed by atoms with Crippen LogP contribution in [-0.4, -0.2) is 33.4 Å². The first-order chi connectivity index (χ1) is 13.3. The van der Waals surface area contributed by atoms with Gasteiger partial charge in [-0.1, -0.05) is 48.5 Å². The third kappa shape index (κ3) is 4.14. The monoisotopic (exact) mass is 359 g/mol. The zero-order valence-corrected chi connectivity index (χ0v) is 15.0. The van der Waals surface area contributed by atoms with Crippen LogP contribution in [-0.2, 0) is 6.42 Å². The number of rotatable bonds is 5. The molecule has 5 nitrogen and oxygen atoms in total. The normalized spacial score (nSPS) is 16.3. The Kier molecular flexibility index (Phi) is 5.10. The minimum Gasteiger partial charge on any atom is -0.438 e. The topological polar surface area (TPSA) is 55.3 Å². The number of likely N-dealkylation sites (tertiary alicyclic amines) is 1. The first-order valence-electron chi connectivity index (χ1n) is 9.19. The molecule has 0 spiro atoms. The largest absolute Gasteiger partial charge is 0.438 e.